The van der Waals surface area contributed by atoms with Gasteiger partial charge in [0.2, 0.25) is 0 Å². The van der Waals surface area contributed by atoms with Crippen molar-refractivity contribution in [2.45, 2.75) is 134 Å². The van der Waals surface area contributed by atoms with Gasteiger partial charge in [-0.2, -0.15) is 9.29 Å². The predicted molar refractivity (Wildman–Crippen MR) is 152 cm³/mol. The number of rotatable bonds is 21. The minimum Gasteiger partial charge on any atom is -0.390 e. The van der Waals surface area contributed by atoms with E-state index in [-0.39, 0.29) is 18.7 Å². The number of phosphoric acid groups is 2. The van der Waals surface area contributed by atoms with E-state index in [1.807, 2.05) is 0 Å². The first kappa shape index (κ1) is 36.0. The molecule has 2 heterocycles. The molecule has 2 rings (SSSR count). The molecule has 1 fully saturated rings. The standard InChI is InChI=1S/C25H47N3O11P2/c1-2-3-4-5-6-7-8-9-10-11-12-13-14-15-20(38-41(35,36)39-40(32,33)34)23(30)24-19(29)18-22(37-24)28-17-16-21(26)27-25(28)31/h16-17,19-20,22-24,29-30H,2-15,18H2,1H3,(H,35,36)(H2,26,27,31)(H2,32,33,34)/t19-,20?,22+,23?,24-/m0/s1. The summed E-state index contributed by atoms with van der Waals surface area (Å²) >= 11 is 0. The fourth-order valence-electron chi connectivity index (χ4n) is 4.99. The SMILES string of the molecule is CCCCCCCCCCCCCCCC(OP(=O)(O)OP(=O)(O)O)C(O)[C@H]1O[C@@H](n2ccc(N)nc2=O)C[C@@H]1O. The Bertz CT molecular complexity index is 1050. The summed E-state index contributed by atoms with van der Waals surface area (Å²) in [4.78, 5) is 43.6. The van der Waals surface area contributed by atoms with Crippen molar-refractivity contribution in [3.63, 3.8) is 0 Å². The third-order valence-electron chi connectivity index (χ3n) is 7.09. The van der Waals surface area contributed by atoms with Crippen molar-refractivity contribution in [3.8, 4) is 0 Å². The minimum absolute atomic E-state index is 0.00333. The molecule has 6 atom stereocenters. The van der Waals surface area contributed by atoms with E-state index >= 15 is 0 Å². The number of aliphatic hydroxyl groups excluding tert-OH is 2. The Kier molecular flexibility index (Phi) is 15.7. The van der Waals surface area contributed by atoms with Crippen LogP contribution in [0.3, 0.4) is 0 Å². The van der Waals surface area contributed by atoms with Crippen molar-refractivity contribution in [2.75, 3.05) is 5.73 Å². The Morgan fingerprint density at radius 3 is 2.07 bits per heavy atom. The van der Waals surface area contributed by atoms with Gasteiger partial charge in [0.05, 0.1) is 12.2 Å². The smallest absolute Gasteiger partial charge is 0.390 e. The molecular formula is C25H47N3O11P2. The van der Waals surface area contributed by atoms with Gasteiger partial charge in [0, 0.05) is 12.6 Å². The Hall–Kier alpha value is -1.18. The highest BCUT2D eigenvalue weighted by Gasteiger charge is 2.45. The molecule has 0 bridgehead atoms. The zero-order valence-electron chi connectivity index (χ0n) is 23.7. The highest BCUT2D eigenvalue weighted by atomic mass is 31.3. The second-order valence-corrected chi connectivity index (χ2v) is 13.4. The van der Waals surface area contributed by atoms with Crippen LogP contribution in [0.1, 0.15) is 109 Å². The van der Waals surface area contributed by atoms with Gasteiger partial charge in [0.15, 0.2) is 0 Å². The van der Waals surface area contributed by atoms with Crippen LogP contribution in [0.4, 0.5) is 5.82 Å². The molecule has 1 saturated heterocycles. The van der Waals surface area contributed by atoms with Gasteiger partial charge in [0.25, 0.3) is 0 Å². The molecule has 14 nitrogen and oxygen atoms in total. The number of nitrogen functional groups attached to an aromatic ring is 1. The number of aromatic nitrogens is 2. The van der Waals surface area contributed by atoms with Crippen LogP contribution >= 0.6 is 15.6 Å². The molecular weight excluding hydrogens is 580 g/mol. The average molecular weight is 628 g/mol. The van der Waals surface area contributed by atoms with E-state index in [0.29, 0.717) is 6.42 Å². The number of nitrogens with two attached hydrogens (primary N) is 1. The second-order valence-electron chi connectivity index (χ2n) is 10.6. The summed E-state index contributed by atoms with van der Waals surface area (Å²) in [6, 6.07) is 1.36. The number of ether oxygens (including phenoxy) is 1. The molecule has 1 aromatic heterocycles. The van der Waals surface area contributed by atoms with Crippen molar-refractivity contribution >= 4 is 21.5 Å². The monoisotopic (exact) mass is 627 g/mol. The van der Waals surface area contributed by atoms with Crippen LogP contribution in [-0.2, 0) is 22.7 Å². The summed E-state index contributed by atoms with van der Waals surface area (Å²) in [5.41, 5.74) is 4.78. The van der Waals surface area contributed by atoms with Gasteiger partial charge in [0.1, 0.15) is 24.3 Å². The zero-order valence-corrected chi connectivity index (χ0v) is 25.5. The molecule has 0 aromatic carbocycles. The van der Waals surface area contributed by atoms with Crippen LogP contribution in [-0.4, -0.2) is 58.9 Å². The number of nitrogens with zero attached hydrogens (tertiary/aromatic N) is 2. The number of aliphatic hydroxyl groups is 2. The first-order valence-electron chi connectivity index (χ1n) is 14.5. The van der Waals surface area contributed by atoms with Crippen LogP contribution < -0.4 is 11.4 Å². The highest BCUT2D eigenvalue weighted by molar-refractivity contribution is 7.60. The maximum atomic E-state index is 12.3. The Balaban J connectivity index is 1.89. The Morgan fingerprint density at radius 2 is 1.56 bits per heavy atom. The molecule has 0 amide bonds. The van der Waals surface area contributed by atoms with Crippen molar-refractivity contribution < 1.29 is 47.6 Å². The first-order valence-corrected chi connectivity index (χ1v) is 17.5. The first-order chi connectivity index (χ1) is 19.3. The van der Waals surface area contributed by atoms with Gasteiger partial charge in [-0.3, -0.25) is 9.09 Å². The normalized spacial score (nSPS) is 22.4. The lowest BCUT2D eigenvalue weighted by Gasteiger charge is -2.30. The van der Waals surface area contributed by atoms with E-state index in [2.05, 4.69) is 16.2 Å². The number of anilines is 1. The van der Waals surface area contributed by atoms with E-state index < -0.39 is 52.0 Å². The van der Waals surface area contributed by atoms with Crippen LogP contribution in [0.2, 0.25) is 0 Å². The summed E-state index contributed by atoms with van der Waals surface area (Å²) < 4.78 is 39.1. The topological polar surface area (TPSA) is 224 Å². The molecule has 1 aliphatic rings. The average Bonchev–Trinajstić information content (AvgIpc) is 3.25. The van der Waals surface area contributed by atoms with Crippen molar-refractivity contribution in [2.24, 2.45) is 0 Å². The molecule has 238 valence electrons. The predicted octanol–water partition coefficient (Wildman–Crippen LogP) is 3.91. The lowest BCUT2D eigenvalue weighted by atomic mass is 9.98. The van der Waals surface area contributed by atoms with E-state index in [0.717, 1.165) is 36.7 Å². The zero-order chi connectivity index (χ0) is 30.5. The van der Waals surface area contributed by atoms with Gasteiger partial charge in [-0.05, 0) is 12.5 Å². The van der Waals surface area contributed by atoms with Crippen LogP contribution in [0.15, 0.2) is 17.1 Å². The largest absolute Gasteiger partial charge is 0.481 e. The van der Waals surface area contributed by atoms with Crippen molar-refractivity contribution in [1.29, 1.82) is 0 Å². The molecule has 1 aliphatic heterocycles. The number of unbranched alkanes of at least 4 members (excludes halogenated alkanes) is 12. The summed E-state index contributed by atoms with van der Waals surface area (Å²) in [5.74, 6) is -0.00333. The maximum absolute atomic E-state index is 12.3. The van der Waals surface area contributed by atoms with Gasteiger partial charge in [-0.25, -0.2) is 13.9 Å². The summed E-state index contributed by atoms with van der Waals surface area (Å²) in [6.45, 7) is 2.21. The number of hydrogen-bond acceptors (Lipinski definition) is 10. The van der Waals surface area contributed by atoms with Gasteiger partial charge in [-0.1, -0.05) is 90.4 Å². The fourth-order valence-corrected chi connectivity index (χ4v) is 6.79. The molecule has 7 N–H and O–H groups in total. The van der Waals surface area contributed by atoms with E-state index in [4.69, 9.17) is 24.8 Å². The van der Waals surface area contributed by atoms with Crippen molar-refractivity contribution in [1.82, 2.24) is 9.55 Å². The molecule has 0 aliphatic carbocycles. The lowest BCUT2D eigenvalue weighted by Crippen LogP contribution is -2.43. The minimum atomic E-state index is -5.39. The van der Waals surface area contributed by atoms with Crippen LogP contribution in [0, 0.1) is 0 Å². The molecule has 0 saturated carbocycles. The molecule has 41 heavy (non-hydrogen) atoms. The number of phosphoric ester groups is 1. The number of hydrogen-bond donors (Lipinski definition) is 6. The summed E-state index contributed by atoms with van der Waals surface area (Å²) in [5, 5.41) is 21.6. The van der Waals surface area contributed by atoms with E-state index in [1.54, 1.807) is 0 Å². The third-order valence-corrected chi connectivity index (χ3v) is 9.30. The molecule has 3 unspecified atom stereocenters. The van der Waals surface area contributed by atoms with Crippen LogP contribution in [0.25, 0.3) is 0 Å². The molecule has 0 spiro atoms. The van der Waals surface area contributed by atoms with Gasteiger partial charge < -0.3 is 35.4 Å². The Morgan fingerprint density at radius 1 is 1.02 bits per heavy atom. The lowest BCUT2D eigenvalue weighted by molar-refractivity contribution is -0.119. The van der Waals surface area contributed by atoms with Gasteiger partial charge in [-0.15, -0.1) is 0 Å². The van der Waals surface area contributed by atoms with Gasteiger partial charge >= 0.3 is 21.3 Å². The Labute approximate surface area is 241 Å². The second kappa shape index (κ2) is 17.8. The molecule has 0 radical (unpaired) electrons. The van der Waals surface area contributed by atoms with E-state index in [1.165, 1.54) is 57.2 Å². The molecule has 16 heteroatoms. The summed E-state index contributed by atoms with van der Waals surface area (Å²) in [6.07, 6.45) is 8.69. The van der Waals surface area contributed by atoms with Crippen molar-refractivity contribution in [3.05, 3.63) is 22.7 Å². The van der Waals surface area contributed by atoms with Crippen LogP contribution in [0.5, 0.6) is 0 Å². The summed E-state index contributed by atoms with van der Waals surface area (Å²) in [7, 11) is -10.7. The third kappa shape index (κ3) is 13.8. The fraction of sp³-hybridized carbons (Fsp3) is 0.840. The maximum Gasteiger partial charge on any atom is 0.481 e. The van der Waals surface area contributed by atoms with E-state index in [9.17, 15) is 29.0 Å². The quantitative estimate of drug-likeness (QED) is 0.0841. The molecule has 1 aromatic rings. The highest BCUT2D eigenvalue weighted by Crippen LogP contribution is 2.58.